The Kier molecular flexibility index (Phi) is 5.06. The Hall–Kier alpha value is -3.22. The summed E-state index contributed by atoms with van der Waals surface area (Å²) in [4.78, 5) is 28.4. The quantitative estimate of drug-likeness (QED) is 0.810. The molecule has 2 aliphatic rings. The SMILES string of the molecule is CN(CC1COc2ccccc2O1)C(=O)CN1C(=O)CCOc2ccccc21. The van der Waals surface area contributed by atoms with E-state index in [1.54, 1.807) is 24.1 Å². The van der Waals surface area contributed by atoms with Crippen LogP contribution in [0.3, 0.4) is 0 Å². The third-order valence-corrected chi connectivity index (χ3v) is 4.79. The lowest BCUT2D eigenvalue weighted by Gasteiger charge is -2.30. The summed E-state index contributed by atoms with van der Waals surface area (Å²) in [6.45, 7) is 1.00. The van der Waals surface area contributed by atoms with Crippen molar-refractivity contribution in [3.8, 4) is 17.2 Å². The van der Waals surface area contributed by atoms with Crippen molar-refractivity contribution in [1.29, 1.82) is 0 Å². The molecule has 7 heteroatoms. The smallest absolute Gasteiger partial charge is 0.242 e. The van der Waals surface area contributed by atoms with Gasteiger partial charge in [-0.15, -0.1) is 0 Å². The van der Waals surface area contributed by atoms with Gasteiger partial charge in [-0.3, -0.25) is 14.5 Å². The van der Waals surface area contributed by atoms with E-state index in [4.69, 9.17) is 14.2 Å². The van der Waals surface area contributed by atoms with Crippen LogP contribution in [-0.4, -0.2) is 56.2 Å². The van der Waals surface area contributed by atoms with Crippen molar-refractivity contribution in [3.05, 3.63) is 48.5 Å². The van der Waals surface area contributed by atoms with Crippen molar-refractivity contribution in [2.45, 2.75) is 12.5 Å². The number of carbonyl (C=O) groups excluding carboxylic acids is 2. The molecule has 0 fully saturated rings. The second kappa shape index (κ2) is 7.80. The molecule has 0 aliphatic carbocycles. The molecular formula is C21H22N2O5. The van der Waals surface area contributed by atoms with Gasteiger partial charge in [-0.1, -0.05) is 24.3 Å². The molecule has 4 rings (SSSR count). The van der Waals surface area contributed by atoms with E-state index in [1.165, 1.54) is 4.90 Å². The van der Waals surface area contributed by atoms with Crippen molar-refractivity contribution >= 4 is 17.5 Å². The lowest BCUT2D eigenvalue weighted by molar-refractivity contribution is -0.131. The average Bonchev–Trinajstić information content (AvgIpc) is 2.87. The van der Waals surface area contributed by atoms with Crippen LogP contribution in [0.25, 0.3) is 0 Å². The van der Waals surface area contributed by atoms with E-state index in [-0.39, 0.29) is 30.9 Å². The number of amides is 2. The van der Waals surface area contributed by atoms with Gasteiger partial charge in [0, 0.05) is 7.05 Å². The highest BCUT2D eigenvalue weighted by molar-refractivity contribution is 6.00. The summed E-state index contributed by atoms with van der Waals surface area (Å²) in [5, 5.41) is 0. The average molecular weight is 382 g/mol. The molecular weight excluding hydrogens is 360 g/mol. The molecule has 1 unspecified atom stereocenters. The van der Waals surface area contributed by atoms with Gasteiger partial charge in [-0.05, 0) is 24.3 Å². The van der Waals surface area contributed by atoms with Crippen LogP contribution in [-0.2, 0) is 9.59 Å². The fourth-order valence-corrected chi connectivity index (χ4v) is 3.31. The number of nitrogens with zero attached hydrogens (tertiary/aromatic N) is 2. The number of rotatable bonds is 4. The van der Waals surface area contributed by atoms with Crippen LogP contribution < -0.4 is 19.1 Å². The van der Waals surface area contributed by atoms with Crippen molar-refractivity contribution in [2.75, 3.05) is 38.3 Å². The number of carbonyl (C=O) groups is 2. The summed E-state index contributed by atoms with van der Waals surface area (Å²) >= 11 is 0. The maximum absolute atomic E-state index is 12.8. The topological polar surface area (TPSA) is 68.3 Å². The summed E-state index contributed by atoms with van der Waals surface area (Å²) in [6.07, 6.45) is -0.0264. The van der Waals surface area contributed by atoms with Crippen LogP contribution in [0.5, 0.6) is 17.2 Å². The minimum atomic E-state index is -0.265. The van der Waals surface area contributed by atoms with Crippen LogP contribution >= 0.6 is 0 Å². The number of fused-ring (bicyclic) bond motifs is 2. The lowest BCUT2D eigenvalue weighted by Crippen LogP contribution is -2.46. The highest BCUT2D eigenvalue weighted by Crippen LogP contribution is 2.32. The minimum Gasteiger partial charge on any atom is -0.491 e. The molecule has 7 nitrogen and oxygen atoms in total. The Balaban J connectivity index is 1.41. The molecule has 2 amide bonds. The summed E-state index contributed by atoms with van der Waals surface area (Å²) in [5.41, 5.74) is 0.623. The fraction of sp³-hybridized carbons (Fsp3) is 0.333. The molecule has 2 aliphatic heterocycles. The van der Waals surface area contributed by atoms with Gasteiger partial charge in [0.2, 0.25) is 11.8 Å². The number of para-hydroxylation sites is 4. The lowest BCUT2D eigenvalue weighted by atomic mass is 10.2. The maximum Gasteiger partial charge on any atom is 0.242 e. The zero-order valence-electron chi connectivity index (χ0n) is 15.7. The Labute approximate surface area is 163 Å². The standard InChI is InChI=1S/C21H22N2O5/c1-22(12-15-14-27-18-8-4-5-9-19(18)28-15)21(25)13-23-16-6-2-3-7-17(16)26-11-10-20(23)24/h2-9,15H,10-14H2,1H3. The first kappa shape index (κ1) is 18.2. The normalized spacial score (nSPS) is 18.0. The van der Waals surface area contributed by atoms with Gasteiger partial charge < -0.3 is 19.1 Å². The Morgan fingerprint density at radius 2 is 1.79 bits per heavy atom. The van der Waals surface area contributed by atoms with E-state index in [2.05, 4.69) is 0 Å². The van der Waals surface area contributed by atoms with Gasteiger partial charge in [-0.25, -0.2) is 0 Å². The predicted molar refractivity (Wildman–Crippen MR) is 103 cm³/mol. The number of hydrogen-bond acceptors (Lipinski definition) is 5. The first-order valence-electron chi connectivity index (χ1n) is 9.26. The molecule has 0 aromatic heterocycles. The van der Waals surface area contributed by atoms with Gasteiger partial charge in [0.05, 0.1) is 25.3 Å². The number of ether oxygens (including phenoxy) is 3. The van der Waals surface area contributed by atoms with Gasteiger partial charge in [0.15, 0.2) is 17.6 Å². The number of likely N-dealkylation sites (N-methyl/N-ethyl adjacent to an activating group) is 1. The summed E-state index contributed by atoms with van der Waals surface area (Å²) in [6, 6.07) is 14.7. The van der Waals surface area contributed by atoms with Gasteiger partial charge in [-0.2, -0.15) is 0 Å². The van der Waals surface area contributed by atoms with Gasteiger partial charge >= 0.3 is 0 Å². The zero-order valence-corrected chi connectivity index (χ0v) is 15.7. The Morgan fingerprint density at radius 1 is 1.07 bits per heavy atom. The van der Waals surface area contributed by atoms with Crippen LogP contribution in [0, 0.1) is 0 Å². The molecule has 0 spiro atoms. The molecule has 0 N–H and O–H groups in total. The maximum atomic E-state index is 12.8. The zero-order chi connectivity index (χ0) is 19.5. The number of anilines is 1. The van der Waals surface area contributed by atoms with E-state index in [1.807, 2.05) is 36.4 Å². The molecule has 2 aromatic rings. The minimum absolute atomic E-state index is 0.0418. The third-order valence-electron chi connectivity index (χ3n) is 4.79. The molecule has 2 heterocycles. The molecule has 0 saturated carbocycles. The highest BCUT2D eigenvalue weighted by atomic mass is 16.6. The van der Waals surface area contributed by atoms with Gasteiger partial charge in [0.25, 0.3) is 0 Å². The van der Waals surface area contributed by atoms with E-state index >= 15 is 0 Å². The highest BCUT2D eigenvalue weighted by Gasteiger charge is 2.28. The molecule has 1 atom stereocenters. The fourth-order valence-electron chi connectivity index (χ4n) is 3.31. The molecule has 0 bridgehead atoms. The van der Waals surface area contributed by atoms with Crippen molar-refractivity contribution < 1.29 is 23.8 Å². The molecule has 28 heavy (non-hydrogen) atoms. The van der Waals surface area contributed by atoms with E-state index in [0.29, 0.717) is 42.7 Å². The van der Waals surface area contributed by atoms with Gasteiger partial charge in [0.1, 0.15) is 18.9 Å². The molecule has 0 saturated heterocycles. The van der Waals surface area contributed by atoms with Crippen molar-refractivity contribution in [3.63, 3.8) is 0 Å². The van der Waals surface area contributed by atoms with Crippen LogP contribution in [0.4, 0.5) is 5.69 Å². The second-order valence-corrected chi connectivity index (χ2v) is 6.82. The Morgan fingerprint density at radius 3 is 2.61 bits per heavy atom. The largest absolute Gasteiger partial charge is 0.491 e. The first-order chi connectivity index (χ1) is 13.6. The molecule has 146 valence electrons. The monoisotopic (exact) mass is 382 g/mol. The third kappa shape index (κ3) is 3.74. The number of hydrogen-bond donors (Lipinski definition) is 0. The predicted octanol–water partition coefficient (Wildman–Crippen LogP) is 2.10. The summed E-state index contributed by atoms with van der Waals surface area (Å²) < 4.78 is 17.2. The van der Waals surface area contributed by atoms with Crippen LogP contribution in [0.1, 0.15) is 6.42 Å². The van der Waals surface area contributed by atoms with E-state index < -0.39 is 0 Å². The van der Waals surface area contributed by atoms with Crippen LogP contribution in [0.15, 0.2) is 48.5 Å². The van der Waals surface area contributed by atoms with E-state index in [9.17, 15) is 9.59 Å². The molecule has 0 radical (unpaired) electrons. The molecule has 2 aromatic carbocycles. The Bertz CT molecular complexity index is 885. The van der Waals surface area contributed by atoms with Crippen molar-refractivity contribution in [1.82, 2.24) is 4.90 Å². The number of benzene rings is 2. The van der Waals surface area contributed by atoms with Crippen molar-refractivity contribution in [2.24, 2.45) is 0 Å². The van der Waals surface area contributed by atoms with Crippen LogP contribution in [0.2, 0.25) is 0 Å². The van der Waals surface area contributed by atoms with E-state index in [0.717, 1.165) is 0 Å². The second-order valence-electron chi connectivity index (χ2n) is 6.82. The summed E-state index contributed by atoms with van der Waals surface area (Å²) in [7, 11) is 1.71. The summed E-state index contributed by atoms with van der Waals surface area (Å²) in [5.74, 6) is 1.70. The first-order valence-corrected chi connectivity index (χ1v) is 9.26.